The highest BCUT2D eigenvalue weighted by molar-refractivity contribution is 7.10. The Bertz CT molecular complexity index is 722. The fraction of sp³-hybridized carbons (Fsp3) is 0.500. The molecule has 1 amide bonds. The van der Waals surface area contributed by atoms with Crippen LogP contribution < -0.4 is 5.73 Å². The molecule has 0 unspecified atom stereocenters. The quantitative estimate of drug-likeness (QED) is 0.881. The van der Waals surface area contributed by atoms with Gasteiger partial charge in [-0.05, 0) is 42.3 Å². The first-order chi connectivity index (χ1) is 12.7. The Hall–Kier alpha value is -1.65. The van der Waals surface area contributed by atoms with Gasteiger partial charge in [0.2, 0.25) is 5.91 Å². The standard InChI is InChI=1S/C22H28N2OS/c23-14-18-15-24(16-19(18)17-8-3-1-4-9-17)21(25)22(11-5-2-6-12-22)20-10-7-13-26-20/h1,3-4,7-10,13,18-19H,2,5-6,11-12,14-16,23H2/t18-,19+/m1/s1. The summed E-state index contributed by atoms with van der Waals surface area (Å²) < 4.78 is 0. The molecule has 4 rings (SSSR count). The Morgan fingerprint density at radius 3 is 2.50 bits per heavy atom. The zero-order valence-electron chi connectivity index (χ0n) is 15.3. The molecular formula is C22H28N2OS. The minimum absolute atomic E-state index is 0.295. The van der Waals surface area contributed by atoms with Gasteiger partial charge in [0.15, 0.2) is 0 Å². The van der Waals surface area contributed by atoms with E-state index >= 15 is 0 Å². The van der Waals surface area contributed by atoms with Crippen LogP contribution in [0.2, 0.25) is 0 Å². The molecular weight excluding hydrogens is 340 g/mol. The van der Waals surface area contributed by atoms with Crippen molar-refractivity contribution < 1.29 is 4.79 Å². The third-order valence-electron chi connectivity index (χ3n) is 6.37. The second kappa shape index (κ2) is 7.53. The maximum absolute atomic E-state index is 13.8. The van der Waals surface area contributed by atoms with Gasteiger partial charge in [0.25, 0.3) is 0 Å². The van der Waals surface area contributed by atoms with E-state index in [1.807, 2.05) is 6.07 Å². The lowest BCUT2D eigenvalue weighted by molar-refractivity contribution is -0.137. The molecule has 2 aromatic rings. The van der Waals surface area contributed by atoms with E-state index in [2.05, 4.69) is 46.7 Å². The van der Waals surface area contributed by atoms with Gasteiger partial charge >= 0.3 is 0 Å². The predicted octanol–water partition coefficient (Wildman–Crippen LogP) is 4.15. The van der Waals surface area contributed by atoms with Crippen LogP contribution in [0, 0.1) is 5.92 Å². The molecule has 2 heterocycles. The Morgan fingerprint density at radius 1 is 1.08 bits per heavy atom. The van der Waals surface area contributed by atoms with Gasteiger partial charge in [-0.2, -0.15) is 0 Å². The molecule has 1 aromatic carbocycles. The highest BCUT2D eigenvalue weighted by Gasteiger charge is 2.47. The molecule has 2 atom stereocenters. The number of thiophene rings is 1. The van der Waals surface area contributed by atoms with E-state index in [4.69, 9.17) is 5.73 Å². The van der Waals surface area contributed by atoms with Gasteiger partial charge in [0.05, 0.1) is 5.41 Å². The first kappa shape index (κ1) is 17.7. The zero-order chi connectivity index (χ0) is 18.0. The van der Waals surface area contributed by atoms with Crippen LogP contribution in [0.3, 0.4) is 0 Å². The largest absolute Gasteiger partial charge is 0.341 e. The van der Waals surface area contributed by atoms with Crippen molar-refractivity contribution in [1.82, 2.24) is 4.90 Å². The third kappa shape index (κ3) is 3.10. The zero-order valence-corrected chi connectivity index (χ0v) is 16.1. The lowest BCUT2D eigenvalue weighted by Crippen LogP contribution is -2.47. The third-order valence-corrected chi connectivity index (χ3v) is 7.44. The van der Waals surface area contributed by atoms with Crippen LogP contribution in [0.5, 0.6) is 0 Å². The molecule has 1 aliphatic heterocycles. The van der Waals surface area contributed by atoms with E-state index in [0.717, 1.165) is 38.8 Å². The Balaban J connectivity index is 1.61. The summed E-state index contributed by atoms with van der Waals surface area (Å²) in [5, 5.41) is 2.11. The summed E-state index contributed by atoms with van der Waals surface area (Å²) in [7, 11) is 0. The summed E-state index contributed by atoms with van der Waals surface area (Å²) >= 11 is 1.75. The summed E-state index contributed by atoms with van der Waals surface area (Å²) in [6, 6.07) is 14.8. The molecule has 2 aliphatic rings. The fourth-order valence-electron chi connectivity index (χ4n) is 4.93. The highest BCUT2D eigenvalue weighted by Crippen LogP contribution is 2.44. The van der Waals surface area contributed by atoms with E-state index in [1.165, 1.54) is 16.9 Å². The lowest BCUT2D eigenvalue weighted by atomic mass is 9.72. The van der Waals surface area contributed by atoms with Gasteiger partial charge in [0.1, 0.15) is 0 Å². The number of carbonyl (C=O) groups is 1. The molecule has 0 radical (unpaired) electrons. The molecule has 1 saturated carbocycles. The smallest absolute Gasteiger partial charge is 0.234 e. The van der Waals surface area contributed by atoms with Crippen LogP contribution >= 0.6 is 11.3 Å². The second-order valence-corrected chi connectivity index (χ2v) is 8.79. The van der Waals surface area contributed by atoms with Crippen LogP contribution in [0.4, 0.5) is 0 Å². The van der Waals surface area contributed by atoms with E-state index in [9.17, 15) is 4.79 Å². The number of hydrogen-bond donors (Lipinski definition) is 1. The van der Waals surface area contributed by atoms with Crippen molar-refractivity contribution >= 4 is 17.2 Å². The van der Waals surface area contributed by atoms with Crippen LogP contribution in [0.15, 0.2) is 47.8 Å². The molecule has 2 fully saturated rings. The van der Waals surface area contributed by atoms with Crippen LogP contribution in [0.1, 0.15) is 48.5 Å². The van der Waals surface area contributed by atoms with Gasteiger partial charge < -0.3 is 10.6 Å². The molecule has 138 valence electrons. The normalized spacial score (nSPS) is 25.3. The molecule has 4 heteroatoms. The van der Waals surface area contributed by atoms with Gasteiger partial charge in [-0.25, -0.2) is 0 Å². The average molecular weight is 369 g/mol. The number of nitrogens with zero attached hydrogens (tertiary/aromatic N) is 1. The van der Waals surface area contributed by atoms with Gasteiger partial charge in [0, 0.05) is 23.9 Å². The van der Waals surface area contributed by atoms with Crippen molar-refractivity contribution in [1.29, 1.82) is 0 Å². The summed E-state index contributed by atoms with van der Waals surface area (Å²) in [6.45, 7) is 2.23. The summed E-state index contributed by atoms with van der Waals surface area (Å²) in [5.41, 5.74) is 7.11. The molecule has 26 heavy (non-hydrogen) atoms. The number of carbonyl (C=O) groups excluding carboxylic acids is 1. The second-order valence-electron chi connectivity index (χ2n) is 7.84. The van der Waals surface area contributed by atoms with Gasteiger partial charge in [-0.3, -0.25) is 4.79 Å². The number of hydrogen-bond acceptors (Lipinski definition) is 3. The van der Waals surface area contributed by atoms with E-state index < -0.39 is 0 Å². The van der Waals surface area contributed by atoms with Crippen molar-refractivity contribution in [3.05, 3.63) is 58.3 Å². The van der Waals surface area contributed by atoms with Crippen molar-refractivity contribution in [2.75, 3.05) is 19.6 Å². The van der Waals surface area contributed by atoms with E-state index in [-0.39, 0.29) is 5.41 Å². The first-order valence-corrected chi connectivity index (χ1v) is 10.7. The molecule has 0 bridgehead atoms. The number of nitrogens with two attached hydrogens (primary N) is 1. The summed E-state index contributed by atoms with van der Waals surface area (Å²) in [5.74, 6) is 1.05. The number of rotatable bonds is 4. The molecule has 3 nitrogen and oxygen atoms in total. The average Bonchev–Trinajstić information content (AvgIpc) is 3.39. The highest BCUT2D eigenvalue weighted by atomic mass is 32.1. The molecule has 1 saturated heterocycles. The molecule has 2 N–H and O–H groups in total. The van der Waals surface area contributed by atoms with E-state index in [0.29, 0.717) is 24.3 Å². The summed E-state index contributed by atoms with van der Waals surface area (Å²) in [4.78, 5) is 17.1. The fourth-order valence-corrected chi connectivity index (χ4v) is 5.91. The monoisotopic (exact) mass is 368 g/mol. The topological polar surface area (TPSA) is 46.3 Å². The predicted molar refractivity (Wildman–Crippen MR) is 107 cm³/mol. The van der Waals surface area contributed by atoms with E-state index in [1.54, 1.807) is 11.3 Å². The lowest BCUT2D eigenvalue weighted by Gasteiger charge is -2.38. The number of amides is 1. The molecule has 0 spiro atoms. The Morgan fingerprint density at radius 2 is 1.85 bits per heavy atom. The van der Waals surface area contributed by atoms with Crippen LogP contribution in [-0.4, -0.2) is 30.4 Å². The Kier molecular flexibility index (Phi) is 5.14. The van der Waals surface area contributed by atoms with Crippen molar-refractivity contribution in [2.45, 2.75) is 43.4 Å². The SMILES string of the molecule is NC[C@@H]1CN(C(=O)C2(c3cccs3)CCCCC2)C[C@H]1c1ccccc1. The van der Waals surface area contributed by atoms with Crippen molar-refractivity contribution in [2.24, 2.45) is 11.7 Å². The van der Waals surface area contributed by atoms with Gasteiger partial charge in [-0.1, -0.05) is 55.7 Å². The van der Waals surface area contributed by atoms with Crippen molar-refractivity contribution in [3.8, 4) is 0 Å². The number of benzene rings is 1. The van der Waals surface area contributed by atoms with Crippen LogP contribution in [-0.2, 0) is 10.2 Å². The van der Waals surface area contributed by atoms with Crippen LogP contribution in [0.25, 0.3) is 0 Å². The molecule has 1 aromatic heterocycles. The first-order valence-electron chi connectivity index (χ1n) is 9.83. The minimum Gasteiger partial charge on any atom is -0.341 e. The van der Waals surface area contributed by atoms with Crippen molar-refractivity contribution in [3.63, 3.8) is 0 Å². The minimum atomic E-state index is -0.295. The maximum atomic E-state index is 13.8. The maximum Gasteiger partial charge on any atom is 0.234 e. The Labute approximate surface area is 160 Å². The molecule has 1 aliphatic carbocycles. The number of likely N-dealkylation sites (tertiary alicyclic amines) is 1. The van der Waals surface area contributed by atoms with Gasteiger partial charge in [-0.15, -0.1) is 11.3 Å². The summed E-state index contributed by atoms with van der Waals surface area (Å²) in [6.07, 6.45) is 5.54.